The number of methoxy groups -OCH3 is 1. The standard InChI is InChI=1S/C29H38N2O2/c1-30(29(32)25-13-7-4-8-14-25)26(21-23-11-5-3-6-12-23)22-31-19-17-24(18-20-31)27-15-9-10-16-28(27)33-2/h3,5-6,9-12,15-17,25-26H,4,7-8,13-14,18-22H2,1-2H3. The summed E-state index contributed by atoms with van der Waals surface area (Å²) in [6.07, 6.45) is 9.99. The van der Waals surface area contributed by atoms with Crippen molar-refractivity contribution in [2.45, 2.75) is 51.0 Å². The van der Waals surface area contributed by atoms with E-state index < -0.39 is 0 Å². The van der Waals surface area contributed by atoms with Crippen LogP contribution >= 0.6 is 0 Å². The van der Waals surface area contributed by atoms with Crippen LogP contribution in [0.4, 0.5) is 0 Å². The fourth-order valence-corrected chi connectivity index (χ4v) is 5.36. The molecular weight excluding hydrogens is 408 g/mol. The van der Waals surface area contributed by atoms with Crippen molar-refractivity contribution in [3.05, 3.63) is 71.8 Å². The van der Waals surface area contributed by atoms with Gasteiger partial charge in [0, 0.05) is 44.2 Å². The Kier molecular flexibility index (Phi) is 8.22. The van der Waals surface area contributed by atoms with Crippen LogP contribution in [-0.2, 0) is 11.2 Å². The fraction of sp³-hybridized carbons (Fsp3) is 0.483. The van der Waals surface area contributed by atoms with Crippen molar-refractivity contribution < 1.29 is 9.53 Å². The lowest BCUT2D eigenvalue weighted by Gasteiger charge is -2.37. The van der Waals surface area contributed by atoms with Gasteiger partial charge in [-0.1, -0.05) is 73.9 Å². The minimum absolute atomic E-state index is 0.183. The van der Waals surface area contributed by atoms with Crippen molar-refractivity contribution in [3.8, 4) is 5.75 Å². The van der Waals surface area contributed by atoms with E-state index in [1.807, 2.05) is 19.2 Å². The molecule has 1 fully saturated rings. The first-order valence-corrected chi connectivity index (χ1v) is 12.5. The number of carbonyl (C=O) groups excluding carboxylic acids is 1. The maximum Gasteiger partial charge on any atom is 0.225 e. The van der Waals surface area contributed by atoms with Gasteiger partial charge in [-0.25, -0.2) is 0 Å². The van der Waals surface area contributed by atoms with Crippen LogP contribution in [0.1, 0.15) is 49.7 Å². The number of para-hydroxylation sites is 1. The van der Waals surface area contributed by atoms with Crippen LogP contribution in [0.25, 0.3) is 5.57 Å². The monoisotopic (exact) mass is 446 g/mol. The third-order valence-corrected chi connectivity index (χ3v) is 7.38. The van der Waals surface area contributed by atoms with E-state index in [1.54, 1.807) is 7.11 Å². The molecule has 1 unspecified atom stereocenters. The number of likely N-dealkylation sites (N-methyl/N-ethyl adjacent to an activating group) is 1. The van der Waals surface area contributed by atoms with E-state index in [4.69, 9.17) is 4.74 Å². The third-order valence-electron chi connectivity index (χ3n) is 7.38. The molecule has 0 N–H and O–H groups in total. The van der Waals surface area contributed by atoms with Crippen LogP contribution in [0.3, 0.4) is 0 Å². The smallest absolute Gasteiger partial charge is 0.225 e. The highest BCUT2D eigenvalue weighted by Gasteiger charge is 2.29. The number of nitrogens with zero attached hydrogens (tertiary/aromatic N) is 2. The molecule has 2 aromatic carbocycles. The minimum Gasteiger partial charge on any atom is -0.496 e. The van der Waals surface area contributed by atoms with Crippen LogP contribution in [-0.4, -0.2) is 55.5 Å². The molecule has 4 rings (SSSR count). The molecular formula is C29H38N2O2. The first-order chi connectivity index (χ1) is 16.2. The molecule has 1 heterocycles. The van der Waals surface area contributed by atoms with E-state index in [9.17, 15) is 4.79 Å². The molecule has 1 aliphatic heterocycles. The Labute approximate surface area is 199 Å². The van der Waals surface area contributed by atoms with E-state index in [0.29, 0.717) is 5.91 Å². The molecule has 0 radical (unpaired) electrons. The second-order valence-corrected chi connectivity index (χ2v) is 9.57. The number of rotatable bonds is 8. The molecule has 176 valence electrons. The zero-order valence-electron chi connectivity index (χ0n) is 20.2. The normalized spacial score (nSPS) is 18.4. The molecule has 1 atom stereocenters. The lowest BCUT2D eigenvalue weighted by atomic mass is 9.87. The van der Waals surface area contributed by atoms with Crippen LogP contribution in [0.5, 0.6) is 5.75 Å². The van der Waals surface area contributed by atoms with Gasteiger partial charge >= 0.3 is 0 Å². The zero-order valence-corrected chi connectivity index (χ0v) is 20.2. The van der Waals surface area contributed by atoms with Gasteiger partial charge in [0.25, 0.3) is 0 Å². The average molecular weight is 447 g/mol. The first kappa shape index (κ1) is 23.6. The van der Waals surface area contributed by atoms with Crippen molar-refractivity contribution in [1.29, 1.82) is 0 Å². The van der Waals surface area contributed by atoms with E-state index in [1.165, 1.54) is 36.0 Å². The van der Waals surface area contributed by atoms with Crippen LogP contribution in [0.15, 0.2) is 60.7 Å². The number of ether oxygens (including phenoxy) is 1. The summed E-state index contributed by atoms with van der Waals surface area (Å²) < 4.78 is 5.57. The highest BCUT2D eigenvalue weighted by molar-refractivity contribution is 5.79. The molecule has 1 amide bonds. The Morgan fingerprint density at radius 2 is 1.79 bits per heavy atom. The van der Waals surface area contributed by atoms with Crippen LogP contribution in [0.2, 0.25) is 0 Å². The topological polar surface area (TPSA) is 32.8 Å². The van der Waals surface area contributed by atoms with Gasteiger partial charge in [0.05, 0.1) is 7.11 Å². The number of amides is 1. The Morgan fingerprint density at radius 3 is 2.48 bits per heavy atom. The SMILES string of the molecule is COc1ccccc1C1=CCN(CC(Cc2ccccc2)N(C)C(=O)C2CCCCC2)CC1. The van der Waals surface area contributed by atoms with Gasteiger partial charge in [0.1, 0.15) is 5.75 Å². The van der Waals surface area contributed by atoms with Gasteiger partial charge in [0.15, 0.2) is 0 Å². The van der Waals surface area contributed by atoms with Crippen LogP contribution < -0.4 is 4.74 Å². The van der Waals surface area contributed by atoms with E-state index in [2.05, 4.69) is 58.3 Å². The highest BCUT2D eigenvalue weighted by atomic mass is 16.5. The summed E-state index contributed by atoms with van der Waals surface area (Å²) in [6.45, 7) is 2.81. The first-order valence-electron chi connectivity index (χ1n) is 12.5. The van der Waals surface area contributed by atoms with Gasteiger partial charge in [-0.05, 0) is 42.9 Å². The summed E-state index contributed by atoms with van der Waals surface area (Å²) >= 11 is 0. The van der Waals surface area contributed by atoms with Gasteiger partial charge in [0.2, 0.25) is 5.91 Å². The predicted molar refractivity (Wildman–Crippen MR) is 135 cm³/mol. The molecule has 2 aromatic rings. The fourth-order valence-electron chi connectivity index (χ4n) is 5.36. The largest absolute Gasteiger partial charge is 0.496 e. The van der Waals surface area contributed by atoms with E-state index in [-0.39, 0.29) is 12.0 Å². The molecule has 0 aromatic heterocycles. The second kappa shape index (κ2) is 11.5. The molecule has 1 saturated carbocycles. The van der Waals surface area contributed by atoms with Gasteiger partial charge in [-0.2, -0.15) is 0 Å². The van der Waals surface area contributed by atoms with Crippen molar-refractivity contribution in [2.75, 3.05) is 33.8 Å². The Morgan fingerprint density at radius 1 is 1.06 bits per heavy atom. The Bertz CT molecular complexity index is 934. The van der Waals surface area contributed by atoms with Crippen molar-refractivity contribution in [1.82, 2.24) is 9.80 Å². The van der Waals surface area contributed by atoms with E-state index >= 15 is 0 Å². The highest BCUT2D eigenvalue weighted by Crippen LogP contribution is 2.30. The zero-order chi connectivity index (χ0) is 23.0. The summed E-state index contributed by atoms with van der Waals surface area (Å²) in [7, 11) is 3.77. The maximum atomic E-state index is 13.4. The molecule has 33 heavy (non-hydrogen) atoms. The van der Waals surface area contributed by atoms with E-state index in [0.717, 1.165) is 51.1 Å². The molecule has 4 heteroatoms. The number of carbonyl (C=O) groups is 1. The second-order valence-electron chi connectivity index (χ2n) is 9.57. The minimum atomic E-state index is 0.183. The quantitative estimate of drug-likeness (QED) is 0.542. The number of hydrogen-bond acceptors (Lipinski definition) is 3. The molecule has 1 aliphatic carbocycles. The summed E-state index contributed by atoms with van der Waals surface area (Å²) in [4.78, 5) is 17.9. The number of hydrogen-bond donors (Lipinski definition) is 0. The lowest BCUT2D eigenvalue weighted by Crippen LogP contribution is -2.49. The predicted octanol–water partition coefficient (Wildman–Crippen LogP) is 5.43. The molecule has 4 nitrogen and oxygen atoms in total. The molecule has 0 bridgehead atoms. The van der Waals surface area contributed by atoms with Crippen LogP contribution in [0, 0.1) is 5.92 Å². The summed E-state index contributed by atoms with van der Waals surface area (Å²) in [5.74, 6) is 1.50. The Balaban J connectivity index is 1.46. The van der Waals surface area contributed by atoms with Crippen molar-refractivity contribution >= 4 is 11.5 Å². The lowest BCUT2D eigenvalue weighted by molar-refractivity contribution is -0.137. The Hall–Kier alpha value is -2.59. The van der Waals surface area contributed by atoms with Gasteiger partial charge in [-0.15, -0.1) is 0 Å². The summed E-state index contributed by atoms with van der Waals surface area (Å²) in [5.41, 5.74) is 3.85. The molecule has 0 saturated heterocycles. The maximum absolute atomic E-state index is 13.4. The summed E-state index contributed by atoms with van der Waals surface area (Å²) in [5, 5.41) is 0. The van der Waals surface area contributed by atoms with Gasteiger partial charge < -0.3 is 9.64 Å². The van der Waals surface area contributed by atoms with Crippen molar-refractivity contribution in [2.24, 2.45) is 5.92 Å². The molecule has 2 aliphatic rings. The van der Waals surface area contributed by atoms with Gasteiger partial charge in [-0.3, -0.25) is 9.69 Å². The number of benzene rings is 2. The molecule has 0 spiro atoms. The average Bonchev–Trinajstić information content (AvgIpc) is 2.89. The summed E-state index contributed by atoms with van der Waals surface area (Å²) in [6, 6.07) is 19.1. The van der Waals surface area contributed by atoms with Crippen molar-refractivity contribution in [3.63, 3.8) is 0 Å². The third kappa shape index (κ3) is 6.05.